The van der Waals surface area contributed by atoms with Crippen LogP contribution in [0.1, 0.15) is 25.8 Å². The van der Waals surface area contributed by atoms with Crippen molar-refractivity contribution in [3.05, 3.63) is 47.9 Å². The highest BCUT2D eigenvalue weighted by Gasteiger charge is 2.38. The minimum absolute atomic E-state index is 0.0112. The lowest BCUT2D eigenvalue weighted by Crippen LogP contribution is -2.55. The molecule has 182 valence electrons. The van der Waals surface area contributed by atoms with E-state index in [1.54, 1.807) is 17.9 Å². The van der Waals surface area contributed by atoms with Crippen molar-refractivity contribution in [3.63, 3.8) is 0 Å². The van der Waals surface area contributed by atoms with E-state index < -0.39 is 17.5 Å². The predicted molar refractivity (Wildman–Crippen MR) is 131 cm³/mol. The molecule has 0 radical (unpaired) electrons. The molecule has 0 spiro atoms. The molecule has 9 heteroatoms. The zero-order valence-corrected chi connectivity index (χ0v) is 19.8. The van der Waals surface area contributed by atoms with Gasteiger partial charge in [0.25, 0.3) is 0 Å². The van der Waals surface area contributed by atoms with E-state index >= 15 is 4.39 Å². The molecule has 2 aromatic heterocycles. The SMILES string of the molecule is CCc1cccc2cc(O)cc(-c3ncc4c(N5CCC(O)[C@](C)(O)C5)nc(OC)nc4c3F)c12. The third-order valence-corrected chi connectivity index (χ3v) is 6.71. The van der Waals surface area contributed by atoms with Gasteiger partial charge in [0.2, 0.25) is 0 Å². The van der Waals surface area contributed by atoms with E-state index in [0.717, 1.165) is 22.8 Å². The number of aliphatic hydroxyl groups excluding tert-OH is 1. The maximum Gasteiger partial charge on any atom is 0.318 e. The number of anilines is 1. The Hall–Kier alpha value is -3.56. The van der Waals surface area contributed by atoms with Gasteiger partial charge in [-0.2, -0.15) is 9.97 Å². The molecule has 1 unspecified atom stereocenters. The number of hydrogen-bond donors (Lipinski definition) is 3. The molecule has 4 aromatic rings. The molecule has 1 aliphatic rings. The van der Waals surface area contributed by atoms with Gasteiger partial charge < -0.3 is 25.0 Å². The molecule has 0 amide bonds. The molecule has 1 saturated heterocycles. The molecular formula is C26H27FN4O4. The molecule has 0 bridgehead atoms. The predicted octanol–water partition coefficient (Wildman–Crippen LogP) is 3.58. The van der Waals surface area contributed by atoms with Crippen molar-refractivity contribution < 1.29 is 24.4 Å². The van der Waals surface area contributed by atoms with Gasteiger partial charge in [-0.1, -0.05) is 25.1 Å². The maximum atomic E-state index is 16.1. The van der Waals surface area contributed by atoms with E-state index in [4.69, 9.17) is 4.74 Å². The Morgan fingerprint density at radius 1 is 1.26 bits per heavy atom. The van der Waals surface area contributed by atoms with E-state index in [0.29, 0.717) is 29.7 Å². The maximum absolute atomic E-state index is 16.1. The third-order valence-electron chi connectivity index (χ3n) is 6.71. The Labute approximate surface area is 201 Å². The Morgan fingerprint density at radius 3 is 2.77 bits per heavy atom. The second kappa shape index (κ2) is 8.58. The lowest BCUT2D eigenvalue weighted by atomic mass is 9.91. The van der Waals surface area contributed by atoms with Crippen molar-refractivity contribution in [2.45, 2.75) is 38.4 Å². The molecule has 8 nitrogen and oxygen atoms in total. The van der Waals surface area contributed by atoms with Gasteiger partial charge in [0.1, 0.15) is 28.4 Å². The van der Waals surface area contributed by atoms with Crippen LogP contribution in [-0.2, 0) is 6.42 Å². The number of methoxy groups -OCH3 is 1. The van der Waals surface area contributed by atoms with Crippen molar-refractivity contribution in [3.8, 4) is 23.0 Å². The fraction of sp³-hybridized carbons (Fsp3) is 0.346. The van der Waals surface area contributed by atoms with Gasteiger partial charge in [-0.05, 0) is 48.2 Å². The number of β-amino-alcohol motifs (C(OH)–C–C–N with tert-alkyl or cyclic N) is 1. The zero-order valence-electron chi connectivity index (χ0n) is 19.8. The summed E-state index contributed by atoms with van der Waals surface area (Å²) in [5.41, 5.74) is 0.208. The number of phenolic OH excluding ortho intramolecular Hbond substituents is 1. The van der Waals surface area contributed by atoms with Crippen LogP contribution in [0.3, 0.4) is 0 Å². The second-order valence-corrected chi connectivity index (χ2v) is 9.16. The summed E-state index contributed by atoms with van der Waals surface area (Å²) in [5.74, 6) is -0.282. The van der Waals surface area contributed by atoms with Crippen molar-refractivity contribution in [1.29, 1.82) is 0 Å². The van der Waals surface area contributed by atoms with Crippen LogP contribution in [0, 0.1) is 5.82 Å². The first-order chi connectivity index (χ1) is 16.7. The second-order valence-electron chi connectivity index (χ2n) is 9.16. The number of pyridine rings is 1. The molecule has 2 atom stereocenters. The minimum Gasteiger partial charge on any atom is -0.508 e. The van der Waals surface area contributed by atoms with E-state index in [1.165, 1.54) is 19.4 Å². The molecule has 3 N–H and O–H groups in total. The summed E-state index contributed by atoms with van der Waals surface area (Å²) in [6.07, 6.45) is 1.68. The summed E-state index contributed by atoms with van der Waals surface area (Å²) in [6, 6.07) is 8.89. The molecule has 3 heterocycles. The first-order valence-electron chi connectivity index (χ1n) is 11.5. The van der Waals surface area contributed by atoms with Crippen molar-refractivity contribution in [2.24, 2.45) is 0 Å². The third kappa shape index (κ3) is 3.90. The van der Waals surface area contributed by atoms with Crippen LogP contribution in [0.5, 0.6) is 11.8 Å². The van der Waals surface area contributed by atoms with Crippen molar-refractivity contribution in [1.82, 2.24) is 15.0 Å². The summed E-state index contributed by atoms with van der Waals surface area (Å²) in [7, 11) is 1.40. The first kappa shape index (κ1) is 23.2. The molecule has 1 fully saturated rings. The van der Waals surface area contributed by atoms with Crippen molar-refractivity contribution >= 4 is 27.5 Å². The van der Waals surface area contributed by atoms with E-state index in [2.05, 4.69) is 15.0 Å². The largest absolute Gasteiger partial charge is 0.508 e. The van der Waals surface area contributed by atoms with Crippen molar-refractivity contribution in [2.75, 3.05) is 25.1 Å². The fourth-order valence-corrected chi connectivity index (χ4v) is 4.85. The highest BCUT2D eigenvalue weighted by atomic mass is 19.1. The van der Waals surface area contributed by atoms with E-state index in [1.807, 2.05) is 25.1 Å². The summed E-state index contributed by atoms with van der Waals surface area (Å²) in [6.45, 7) is 4.08. The van der Waals surface area contributed by atoms with Gasteiger partial charge >= 0.3 is 6.01 Å². The molecule has 0 saturated carbocycles. The number of ether oxygens (including phenoxy) is 1. The van der Waals surface area contributed by atoms with Crippen LogP contribution in [0.4, 0.5) is 10.2 Å². The summed E-state index contributed by atoms with van der Waals surface area (Å²) >= 11 is 0. The van der Waals surface area contributed by atoms with Gasteiger partial charge in [-0.3, -0.25) is 4.98 Å². The number of aliphatic hydroxyl groups is 2. The number of aryl methyl sites for hydroxylation is 1. The molecule has 0 aliphatic carbocycles. The number of hydrogen-bond acceptors (Lipinski definition) is 8. The van der Waals surface area contributed by atoms with E-state index in [9.17, 15) is 15.3 Å². The standard InChI is InChI=1S/C26H27FN4O4/c1-4-14-6-5-7-15-10-16(32)11-17(20(14)15)22-21(27)23-18(12-28-22)24(30-25(29-23)35-3)31-9-8-19(33)26(2,34)13-31/h5-7,10-12,19,32-34H,4,8-9,13H2,1-3H3/t19?,26-/m1/s1. The molecule has 2 aromatic carbocycles. The summed E-state index contributed by atoms with van der Waals surface area (Å²) in [4.78, 5) is 14.9. The molecule has 35 heavy (non-hydrogen) atoms. The van der Waals surface area contributed by atoms with Crippen LogP contribution in [0.2, 0.25) is 0 Å². The smallest absolute Gasteiger partial charge is 0.318 e. The summed E-state index contributed by atoms with van der Waals surface area (Å²) in [5, 5.41) is 33.1. The van der Waals surface area contributed by atoms with Crippen LogP contribution in [-0.4, -0.2) is 62.2 Å². The number of piperidine rings is 1. The summed E-state index contributed by atoms with van der Waals surface area (Å²) < 4.78 is 21.4. The minimum atomic E-state index is -1.36. The Morgan fingerprint density at radius 2 is 2.06 bits per heavy atom. The number of aromatic nitrogens is 3. The number of nitrogens with zero attached hydrogens (tertiary/aromatic N) is 4. The van der Waals surface area contributed by atoms with Crippen LogP contribution in [0.25, 0.3) is 32.9 Å². The van der Waals surface area contributed by atoms with Crippen LogP contribution in [0.15, 0.2) is 36.5 Å². The number of fused-ring (bicyclic) bond motifs is 2. The lowest BCUT2D eigenvalue weighted by Gasteiger charge is -2.41. The van der Waals surface area contributed by atoms with Gasteiger partial charge in [0, 0.05) is 18.3 Å². The number of halogens is 1. The number of aromatic hydroxyl groups is 1. The number of benzene rings is 2. The number of rotatable bonds is 4. The average Bonchev–Trinajstić information content (AvgIpc) is 2.84. The van der Waals surface area contributed by atoms with E-state index in [-0.39, 0.29) is 29.5 Å². The Balaban J connectivity index is 1.74. The quantitative estimate of drug-likeness (QED) is 0.408. The van der Waals surface area contributed by atoms with Crippen LogP contribution < -0.4 is 9.64 Å². The Bertz CT molecular complexity index is 1440. The molecule has 5 rings (SSSR count). The number of phenols is 1. The monoisotopic (exact) mass is 478 g/mol. The molecule has 1 aliphatic heterocycles. The fourth-order valence-electron chi connectivity index (χ4n) is 4.85. The normalized spacial score (nSPS) is 20.5. The Kier molecular flexibility index (Phi) is 5.69. The highest BCUT2D eigenvalue weighted by molar-refractivity contribution is 6.01. The highest BCUT2D eigenvalue weighted by Crippen LogP contribution is 2.39. The van der Waals surface area contributed by atoms with Gasteiger partial charge in [0.15, 0.2) is 5.82 Å². The first-order valence-corrected chi connectivity index (χ1v) is 11.5. The van der Waals surface area contributed by atoms with Crippen LogP contribution >= 0.6 is 0 Å². The van der Waals surface area contributed by atoms with Gasteiger partial charge in [0.05, 0.1) is 25.1 Å². The average molecular weight is 479 g/mol. The zero-order chi connectivity index (χ0) is 24.9. The molecular weight excluding hydrogens is 451 g/mol. The van der Waals surface area contributed by atoms with Gasteiger partial charge in [-0.25, -0.2) is 4.39 Å². The topological polar surface area (TPSA) is 112 Å². The van der Waals surface area contributed by atoms with Gasteiger partial charge in [-0.15, -0.1) is 0 Å². The lowest BCUT2D eigenvalue weighted by molar-refractivity contribution is -0.0692.